The van der Waals surface area contributed by atoms with Crippen molar-refractivity contribution in [2.45, 2.75) is 57.7 Å². The molecule has 150 valence electrons. The van der Waals surface area contributed by atoms with Crippen LogP contribution in [0.1, 0.15) is 39.5 Å². The average molecular weight is 384 g/mol. The highest BCUT2D eigenvalue weighted by atomic mass is 16.2. The summed E-state index contributed by atoms with van der Waals surface area (Å²) in [6.07, 6.45) is 3.58. The largest absolute Gasteiger partial charge is 0.336 e. The second-order valence-corrected chi connectivity index (χ2v) is 8.29. The highest BCUT2D eigenvalue weighted by Crippen LogP contribution is 2.39. The van der Waals surface area contributed by atoms with Crippen molar-refractivity contribution in [3.63, 3.8) is 0 Å². The van der Waals surface area contributed by atoms with Crippen LogP contribution in [0.4, 0.5) is 0 Å². The van der Waals surface area contributed by atoms with E-state index in [0.29, 0.717) is 6.54 Å². The molecule has 2 fully saturated rings. The maximum atomic E-state index is 13.3. The van der Waals surface area contributed by atoms with Gasteiger partial charge in [0, 0.05) is 27.1 Å². The number of likely N-dealkylation sites (tertiary alicyclic amines) is 2. The number of benzene rings is 1. The summed E-state index contributed by atoms with van der Waals surface area (Å²) < 4.78 is 3.15. The van der Waals surface area contributed by atoms with E-state index in [1.54, 1.807) is 23.1 Å². The number of carbonyl (C=O) groups is 2. The number of imidazole rings is 1. The molecule has 1 aromatic carbocycles. The topological polar surface area (TPSA) is 67.6 Å². The zero-order chi connectivity index (χ0) is 20.1. The molecule has 1 aromatic heterocycles. The number of carbonyl (C=O) groups excluding carboxylic acids is 2. The third kappa shape index (κ3) is 2.75. The van der Waals surface area contributed by atoms with Gasteiger partial charge in [0.05, 0.1) is 22.6 Å². The van der Waals surface area contributed by atoms with Gasteiger partial charge in [-0.2, -0.15) is 0 Å². The van der Waals surface area contributed by atoms with Crippen molar-refractivity contribution in [2.75, 3.05) is 13.1 Å². The molecular weight excluding hydrogens is 356 g/mol. The molecule has 7 heteroatoms. The van der Waals surface area contributed by atoms with E-state index in [-0.39, 0.29) is 35.6 Å². The molecule has 0 saturated carbocycles. The Bertz CT molecular complexity index is 991. The summed E-state index contributed by atoms with van der Waals surface area (Å²) in [5, 5.41) is 0. The highest BCUT2D eigenvalue weighted by molar-refractivity contribution is 5.81. The number of piperidine rings is 2. The predicted octanol–water partition coefficient (Wildman–Crippen LogP) is 1.73. The lowest BCUT2D eigenvalue weighted by Gasteiger charge is -2.56. The Morgan fingerprint density at radius 3 is 2.57 bits per heavy atom. The summed E-state index contributed by atoms with van der Waals surface area (Å²) in [6.45, 7) is 5.20. The van der Waals surface area contributed by atoms with Crippen LogP contribution in [0.3, 0.4) is 0 Å². The molecule has 2 aliphatic rings. The minimum absolute atomic E-state index is 0.0112. The second-order valence-electron chi connectivity index (χ2n) is 8.29. The first kappa shape index (κ1) is 18.8. The van der Waals surface area contributed by atoms with Gasteiger partial charge in [-0.3, -0.25) is 18.7 Å². The lowest BCUT2D eigenvalue weighted by Crippen LogP contribution is -2.68. The molecular formula is C21H28N4O3. The summed E-state index contributed by atoms with van der Waals surface area (Å²) in [5.74, 6) is 0.0338. The molecule has 2 saturated heterocycles. The van der Waals surface area contributed by atoms with Crippen molar-refractivity contribution in [2.24, 2.45) is 7.05 Å². The van der Waals surface area contributed by atoms with Gasteiger partial charge >= 0.3 is 5.69 Å². The molecule has 2 aliphatic heterocycles. The van der Waals surface area contributed by atoms with Crippen molar-refractivity contribution in [3.05, 3.63) is 34.7 Å². The third-order valence-electron chi connectivity index (χ3n) is 6.70. The second kappa shape index (κ2) is 6.79. The van der Waals surface area contributed by atoms with E-state index in [4.69, 9.17) is 0 Å². The fraction of sp³-hybridized carbons (Fsp3) is 0.571. The van der Waals surface area contributed by atoms with Crippen molar-refractivity contribution in [3.8, 4) is 0 Å². The monoisotopic (exact) mass is 384 g/mol. The van der Waals surface area contributed by atoms with E-state index in [9.17, 15) is 14.4 Å². The lowest BCUT2D eigenvalue weighted by atomic mass is 9.76. The van der Waals surface area contributed by atoms with E-state index in [0.717, 1.165) is 43.3 Å². The van der Waals surface area contributed by atoms with Gasteiger partial charge in [-0.1, -0.05) is 12.1 Å². The molecule has 0 unspecified atom stereocenters. The van der Waals surface area contributed by atoms with Crippen LogP contribution in [0.25, 0.3) is 11.0 Å². The van der Waals surface area contributed by atoms with Gasteiger partial charge in [-0.15, -0.1) is 0 Å². The minimum Gasteiger partial charge on any atom is -0.336 e. The molecule has 7 nitrogen and oxygen atoms in total. The number of hydrogen-bond donors (Lipinski definition) is 0. The molecule has 2 atom stereocenters. The maximum absolute atomic E-state index is 13.3. The molecule has 0 radical (unpaired) electrons. The normalized spacial score (nSPS) is 25.0. The van der Waals surface area contributed by atoms with Crippen molar-refractivity contribution in [1.29, 1.82) is 0 Å². The number of para-hydroxylation sites is 2. The molecule has 0 N–H and O–H groups in total. The van der Waals surface area contributed by atoms with Gasteiger partial charge in [0.2, 0.25) is 11.8 Å². The molecule has 2 aromatic rings. The fourth-order valence-corrected chi connectivity index (χ4v) is 5.30. The molecule has 0 aliphatic carbocycles. The van der Waals surface area contributed by atoms with Gasteiger partial charge in [-0.25, -0.2) is 4.79 Å². The van der Waals surface area contributed by atoms with Gasteiger partial charge in [0.25, 0.3) is 0 Å². The zero-order valence-electron chi connectivity index (χ0n) is 16.9. The van der Waals surface area contributed by atoms with Crippen LogP contribution in [-0.4, -0.2) is 55.4 Å². The summed E-state index contributed by atoms with van der Waals surface area (Å²) in [5.41, 5.74) is 1.10. The number of rotatable bonds is 2. The Morgan fingerprint density at radius 1 is 1.14 bits per heavy atom. The van der Waals surface area contributed by atoms with Gasteiger partial charge in [0.1, 0.15) is 6.54 Å². The van der Waals surface area contributed by atoms with E-state index in [1.807, 2.05) is 34.1 Å². The van der Waals surface area contributed by atoms with Crippen LogP contribution in [0.2, 0.25) is 0 Å². The first-order valence-electron chi connectivity index (χ1n) is 10.1. The summed E-state index contributed by atoms with van der Waals surface area (Å²) >= 11 is 0. The summed E-state index contributed by atoms with van der Waals surface area (Å²) in [6, 6.07) is 7.55. The quantitative estimate of drug-likeness (QED) is 0.792. The summed E-state index contributed by atoms with van der Waals surface area (Å²) in [4.78, 5) is 42.1. The van der Waals surface area contributed by atoms with Crippen LogP contribution in [0, 0.1) is 0 Å². The number of aryl methyl sites for hydroxylation is 1. The Labute approximate surface area is 164 Å². The number of fused-ring (bicyclic) bond motifs is 2. The standard InChI is InChI=1S/C21H28N4O3/c1-15(26)25-13-6-10-18-21(25,2)11-7-12-23(18)19(27)14-24-17-9-5-4-8-16(17)22(3)20(24)28/h4-5,8-9,18H,6-7,10-14H2,1-3H3/t18-,21-/m0/s1. The Morgan fingerprint density at radius 2 is 1.86 bits per heavy atom. The first-order valence-corrected chi connectivity index (χ1v) is 10.1. The molecule has 4 rings (SSSR count). The van der Waals surface area contributed by atoms with Crippen LogP contribution >= 0.6 is 0 Å². The lowest BCUT2D eigenvalue weighted by molar-refractivity contribution is -0.154. The third-order valence-corrected chi connectivity index (χ3v) is 6.70. The molecule has 0 spiro atoms. The highest BCUT2D eigenvalue weighted by Gasteiger charge is 2.49. The van der Waals surface area contributed by atoms with Crippen LogP contribution in [0.5, 0.6) is 0 Å². The average Bonchev–Trinajstić information content (AvgIpc) is 2.91. The fourth-order valence-electron chi connectivity index (χ4n) is 5.30. The summed E-state index contributed by atoms with van der Waals surface area (Å²) in [7, 11) is 1.73. The smallest absolute Gasteiger partial charge is 0.329 e. The zero-order valence-corrected chi connectivity index (χ0v) is 16.9. The van der Waals surface area contributed by atoms with Crippen LogP contribution < -0.4 is 5.69 Å². The van der Waals surface area contributed by atoms with Crippen molar-refractivity contribution < 1.29 is 9.59 Å². The maximum Gasteiger partial charge on any atom is 0.329 e. The SMILES string of the molecule is CC(=O)N1CCC[C@@H]2N(C(=O)Cn3c(=O)n(C)c4ccccc43)CCC[C@@]21C. The number of amides is 2. The van der Waals surface area contributed by atoms with Gasteiger partial charge in [0.15, 0.2) is 0 Å². The molecule has 28 heavy (non-hydrogen) atoms. The van der Waals surface area contributed by atoms with Crippen molar-refractivity contribution in [1.82, 2.24) is 18.9 Å². The Balaban J connectivity index is 1.65. The minimum atomic E-state index is -0.318. The molecule has 0 bridgehead atoms. The Kier molecular flexibility index (Phi) is 4.56. The van der Waals surface area contributed by atoms with Gasteiger partial charge < -0.3 is 9.80 Å². The number of nitrogens with zero attached hydrogens (tertiary/aromatic N) is 4. The van der Waals surface area contributed by atoms with Crippen molar-refractivity contribution >= 4 is 22.8 Å². The van der Waals surface area contributed by atoms with Crippen LogP contribution in [-0.2, 0) is 23.2 Å². The van der Waals surface area contributed by atoms with Gasteiger partial charge in [-0.05, 0) is 44.7 Å². The van der Waals surface area contributed by atoms with E-state index >= 15 is 0 Å². The predicted molar refractivity (Wildman–Crippen MR) is 107 cm³/mol. The molecule has 3 heterocycles. The van der Waals surface area contributed by atoms with E-state index in [2.05, 4.69) is 6.92 Å². The Hall–Kier alpha value is -2.57. The van der Waals surface area contributed by atoms with E-state index in [1.165, 1.54) is 0 Å². The first-order chi connectivity index (χ1) is 13.3. The molecule has 2 amide bonds. The van der Waals surface area contributed by atoms with Crippen LogP contribution in [0.15, 0.2) is 29.1 Å². The number of aromatic nitrogens is 2. The number of hydrogen-bond acceptors (Lipinski definition) is 3. The van der Waals surface area contributed by atoms with E-state index < -0.39 is 0 Å².